The minimum absolute atomic E-state index is 0.712. The standard InChI is InChI=1S/C12H17N5/c1-8-10(7-17(2)16-8)11-5-14-12(15-11)6-13-9-3-4-9/h5,7,9,13H,3-4,6H2,1-2H3,(H,14,15). The molecule has 5 heteroatoms. The first-order valence-electron chi connectivity index (χ1n) is 6.00. The summed E-state index contributed by atoms with van der Waals surface area (Å²) in [4.78, 5) is 7.73. The van der Waals surface area contributed by atoms with Gasteiger partial charge in [0.05, 0.1) is 24.1 Å². The molecule has 90 valence electrons. The lowest BCUT2D eigenvalue weighted by atomic mass is 10.2. The molecule has 0 amide bonds. The third-order valence-electron chi connectivity index (χ3n) is 3.07. The van der Waals surface area contributed by atoms with E-state index in [0.717, 1.165) is 29.3 Å². The maximum Gasteiger partial charge on any atom is 0.120 e. The zero-order chi connectivity index (χ0) is 11.8. The van der Waals surface area contributed by atoms with Crippen LogP contribution in [0.2, 0.25) is 0 Å². The topological polar surface area (TPSA) is 58.5 Å². The highest BCUT2D eigenvalue weighted by Crippen LogP contribution is 2.21. The van der Waals surface area contributed by atoms with E-state index in [9.17, 15) is 0 Å². The fourth-order valence-electron chi connectivity index (χ4n) is 1.98. The summed E-state index contributed by atoms with van der Waals surface area (Å²) in [5, 5.41) is 7.78. The van der Waals surface area contributed by atoms with Crippen molar-refractivity contribution in [2.24, 2.45) is 7.05 Å². The van der Waals surface area contributed by atoms with Crippen LogP contribution in [-0.2, 0) is 13.6 Å². The van der Waals surface area contributed by atoms with Crippen molar-refractivity contribution in [3.05, 3.63) is 23.9 Å². The normalized spacial score (nSPS) is 15.4. The summed E-state index contributed by atoms with van der Waals surface area (Å²) in [6.45, 7) is 2.84. The Morgan fingerprint density at radius 1 is 1.53 bits per heavy atom. The highest BCUT2D eigenvalue weighted by Gasteiger charge is 2.20. The van der Waals surface area contributed by atoms with E-state index in [0.29, 0.717) is 6.04 Å². The monoisotopic (exact) mass is 231 g/mol. The third-order valence-corrected chi connectivity index (χ3v) is 3.07. The van der Waals surface area contributed by atoms with Crippen LogP contribution in [0.4, 0.5) is 0 Å². The summed E-state index contributed by atoms with van der Waals surface area (Å²) in [6, 6.07) is 0.712. The molecule has 2 heterocycles. The van der Waals surface area contributed by atoms with E-state index in [-0.39, 0.29) is 0 Å². The van der Waals surface area contributed by atoms with Crippen molar-refractivity contribution in [2.45, 2.75) is 32.4 Å². The molecular weight excluding hydrogens is 214 g/mol. The Hall–Kier alpha value is -1.62. The molecule has 3 rings (SSSR count). The van der Waals surface area contributed by atoms with Crippen LogP contribution < -0.4 is 5.32 Å². The molecule has 1 fully saturated rings. The molecule has 1 saturated carbocycles. The zero-order valence-corrected chi connectivity index (χ0v) is 10.2. The SMILES string of the molecule is Cc1nn(C)cc1-c1cnc(CNC2CC2)[nH]1. The van der Waals surface area contributed by atoms with Crippen LogP contribution in [0.1, 0.15) is 24.4 Å². The number of rotatable bonds is 4. The molecule has 0 aliphatic heterocycles. The maximum atomic E-state index is 4.39. The molecule has 17 heavy (non-hydrogen) atoms. The van der Waals surface area contributed by atoms with Gasteiger partial charge in [0.25, 0.3) is 0 Å². The molecule has 0 spiro atoms. The third kappa shape index (κ3) is 2.24. The number of aromatic amines is 1. The summed E-state index contributed by atoms with van der Waals surface area (Å²) in [7, 11) is 1.93. The lowest BCUT2D eigenvalue weighted by Crippen LogP contribution is -2.16. The highest BCUT2D eigenvalue weighted by molar-refractivity contribution is 5.60. The van der Waals surface area contributed by atoms with Crippen LogP contribution >= 0.6 is 0 Å². The minimum atomic E-state index is 0.712. The molecule has 0 aromatic carbocycles. The van der Waals surface area contributed by atoms with Crippen molar-refractivity contribution < 1.29 is 0 Å². The number of imidazole rings is 1. The van der Waals surface area contributed by atoms with Gasteiger partial charge in [0, 0.05) is 24.8 Å². The van der Waals surface area contributed by atoms with Crippen LogP contribution in [0.15, 0.2) is 12.4 Å². The fourth-order valence-corrected chi connectivity index (χ4v) is 1.98. The maximum absolute atomic E-state index is 4.39. The van der Waals surface area contributed by atoms with Crippen LogP contribution in [0, 0.1) is 6.92 Å². The number of hydrogen-bond acceptors (Lipinski definition) is 3. The van der Waals surface area contributed by atoms with Crippen LogP contribution in [-0.4, -0.2) is 25.8 Å². The number of nitrogens with zero attached hydrogens (tertiary/aromatic N) is 3. The summed E-state index contributed by atoms with van der Waals surface area (Å²) in [5.41, 5.74) is 3.19. The van der Waals surface area contributed by atoms with Gasteiger partial charge in [-0.05, 0) is 19.8 Å². The zero-order valence-electron chi connectivity index (χ0n) is 10.2. The van der Waals surface area contributed by atoms with E-state index >= 15 is 0 Å². The van der Waals surface area contributed by atoms with E-state index in [1.54, 1.807) is 0 Å². The second-order valence-electron chi connectivity index (χ2n) is 4.70. The molecule has 2 N–H and O–H groups in total. The molecule has 2 aromatic heterocycles. The molecule has 1 aliphatic rings. The average Bonchev–Trinajstić information content (AvgIpc) is 2.90. The summed E-state index contributed by atoms with van der Waals surface area (Å²) in [6.07, 6.45) is 6.50. The molecule has 0 unspecified atom stereocenters. The van der Waals surface area contributed by atoms with Crippen LogP contribution in [0.25, 0.3) is 11.3 Å². The number of aryl methyl sites for hydroxylation is 2. The Bertz CT molecular complexity index is 521. The predicted octanol–water partition coefficient (Wildman–Crippen LogP) is 1.37. The second kappa shape index (κ2) is 4.00. The fraction of sp³-hybridized carbons (Fsp3) is 0.500. The van der Waals surface area contributed by atoms with E-state index in [4.69, 9.17) is 0 Å². The van der Waals surface area contributed by atoms with E-state index < -0.39 is 0 Å². The van der Waals surface area contributed by atoms with E-state index in [1.807, 2.05) is 31.0 Å². The first kappa shape index (κ1) is 10.5. The Labute approximate surface area is 100 Å². The molecular formula is C12H17N5. The van der Waals surface area contributed by atoms with Crippen molar-refractivity contribution >= 4 is 0 Å². The number of hydrogen-bond donors (Lipinski definition) is 2. The first-order chi connectivity index (χ1) is 8.22. The van der Waals surface area contributed by atoms with Gasteiger partial charge in [-0.15, -0.1) is 0 Å². The van der Waals surface area contributed by atoms with Gasteiger partial charge in [-0.1, -0.05) is 0 Å². The van der Waals surface area contributed by atoms with E-state index in [1.165, 1.54) is 12.8 Å². The van der Waals surface area contributed by atoms with Gasteiger partial charge in [0.1, 0.15) is 5.82 Å². The molecule has 1 aliphatic carbocycles. The quantitative estimate of drug-likeness (QED) is 0.835. The summed E-state index contributed by atoms with van der Waals surface area (Å²) in [5.74, 6) is 0.996. The lowest BCUT2D eigenvalue weighted by molar-refractivity contribution is 0.664. The van der Waals surface area contributed by atoms with Gasteiger partial charge >= 0.3 is 0 Å². The van der Waals surface area contributed by atoms with Gasteiger partial charge in [0.2, 0.25) is 0 Å². The first-order valence-corrected chi connectivity index (χ1v) is 6.00. The van der Waals surface area contributed by atoms with E-state index in [2.05, 4.69) is 20.4 Å². The molecule has 2 aromatic rings. The minimum Gasteiger partial charge on any atom is -0.341 e. The number of H-pyrrole nitrogens is 1. The van der Waals surface area contributed by atoms with Crippen molar-refractivity contribution in [3.63, 3.8) is 0 Å². The number of aromatic nitrogens is 4. The summed E-state index contributed by atoms with van der Waals surface area (Å²) < 4.78 is 1.83. The van der Waals surface area contributed by atoms with Gasteiger partial charge in [-0.2, -0.15) is 5.10 Å². The van der Waals surface area contributed by atoms with Crippen LogP contribution in [0.5, 0.6) is 0 Å². The predicted molar refractivity (Wildman–Crippen MR) is 65.4 cm³/mol. The Morgan fingerprint density at radius 2 is 2.35 bits per heavy atom. The number of nitrogens with one attached hydrogen (secondary N) is 2. The van der Waals surface area contributed by atoms with Crippen molar-refractivity contribution in [1.29, 1.82) is 0 Å². The average molecular weight is 231 g/mol. The Balaban J connectivity index is 1.76. The van der Waals surface area contributed by atoms with Crippen molar-refractivity contribution in [1.82, 2.24) is 25.1 Å². The van der Waals surface area contributed by atoms with Gasteiger partial charge < -0.3 is 10.3 Å². The Morgan fingerprint density at radius 3 is 3.00 bits per heavy atom. The Kier molecular flexibility index (Phi) is 2.48. The largest absolute Gasteiger partial charge is 0.341 e. The molecule has 0 atom stereocenters. The van der Waals surface area contributed by atoms with Crippen LogP contribution in [0.3, 0.4) is 0 Å². The van der Waals surface area contributed by atoms with Gasteiger partial charge in [-0.3, -0.25) is 4.68 Å². The summed E-state index contributed by atoms with van der Waals surface area (Å²) >= 11 is 0. The van der Waals surface area contributed by atoms with Gasteiger partial charge in [-0.25, -0.2) is 4.98 Å². The lowest BCUT2D eigenvalue weighted by Gasteiger charge is -1.98. The molecule has 0 saturated heterocycles. The smallest absolute Gasteiger partial charge is 0.120 e. The molecule has 0 bridgehead atoms. The molecule has 0 radical (unpaired) electrons. The second-order valence-corrected chi connectivity index (χ2v) is 4.70. The molecule has 5 nitrogen and oxygen atoms in total. The van der Waals surface area contributed by atoms with Crippen molar-refractivity contribution in [3.8, 4) is 11.3 Å². The van der Waals surface area contributed by atoms with Gasteiger partial charge in [0.15, 0.2) is 0 Å². The van der Waals surface area contributed by atoms with Crippen molar-refractivity contribution in [2.75, 3.05) is 0 Å². The highest BCUT2D eigenvalue weighted by atomic mass is 15.2.